The molecule has 0 aromatic heterocycles. The van der Waals surface area contributed by atoms with Gasteiger partial charge in [-0.2, -0.15) is 4.31 Å². The van der Waals surface area contributed by atoms with Gasteiger partial charge in [0.15, 0.2) is 0 Å². The third-order valence-electron chi connectivity index (χ3n) is 2.73. The summed E-state index contributed by atoms with van der Waals surface area (Å²) in [7, 11) is -3.76. The van der Waals surface area contributed by atoms with Crippen LogP contribution in [0.3, 0.4) is 0 Å². The van der Waals surface area contributed by atoms with Crippen molar-refractivity contribution < 1.29 is 13.5 Å². The fraction of sp³-hybridized carbons (Fsp3) is 0.385. The number of sulfonamides is 1. The average molecular weight is 338 g/mol. The van der Waals surface area contributed by atoms with E-state index < -0.39 is 16.6 Å². The van der Waals surface area contributed by atoms with E-state index in [2.05, 4.69) is 6.58 Å². The Bertz CT molecular complexity index is 614. The first-order valence-corrected chi connectivity index (χ1v) is 8.17. The molecule has 0 radical (unpaired) electrons. The molecule has 1 aromatic carbocycles. The molecule has 0 fully saturated rings. The Morgan fingerprint density at radius 1 is 1.40 bits per heavy atom. The summed E-state index contributed by atoms with van der Waals surface area (Å²) in [5, 5.41) is 9.43. The Morgan fingerprint density at radius 2 is 2.00 bits per heavy atom. The van der Waals surface area contributed by atoms with E-state index in [1.807, 2.05) is 0 Å². The van der Waals surface area contributed by atoms with Crippen LogP contribution in [0.4, 0.5) is 0 Å². The lowest BCUT2D eigenvalue weighted by Crippen LogP contribution is -2.32. The van der Waals surface area contributed by atoms with Gasteiger partial charge in [0.2, 0.25) is 10.0 Å². The van der Waals surface area contributed by atoms with E-state index in [0.717, 1.165) is 5.57 Å². The van der Waals surface area contributed by atoms with Gasteiger partial charge in [-0.25, -0.2) is 8.42 Å². The minimum atomic E-state index is -3.76. The first-order valence-electron chi connectivity index (χ1n) is 5.98. The predicted octanol–water partition coefficient (Wildman–Crippen LogP) is 3.07. The minimum Gasteiger partial charge on any atom is -0.392 e. The first kappa shape index (κ1) is 17.5. The van der Waals surface area contributed by atoms with Gasteiger partial charge in [-0.15, -0.1) is 0 Å². The van der Waals surface area contributed by atoms with Crippen LogP contribution in [0.15, 0.2) is 29.2 Å². The summed E-state index contributed by atoms with van der Waals surface area (Å²) in [5.41, 5.74) is 0.934. The maximum atomic E-state index is 12.6. The zero-order chi connectivity index (χ0) is 15.5. The number of nitrogens with zero attached hydrogens (tertiary/aromatic N) is 1. The van der Waals surface area contributed by atoms with Gasteiger partial charge in [-0.3, -0.25) is 0 Å². The fourth-order valence-electron chi connectivity index (χ4n) is 1.73. The van der Waals surface area contributed by atoms with Crippen LogP contribution in [-0.4, -0.2) is 30.9 Å². The topological polar surface area (TPSA) is 57.6 Å². The third kappa shape index (κ3) is 3.54. The lowest BCUT2D eigenvalue weighted by Gasteiger charge is -2.22. The third-order valence-corrected chi connectivity index (χ3v) is 5.59. The van der Waals surface area contributed by atoms with E-state index >= 15 is 0 Å². The molecular formula is C13H17Cl2NO3S. The van der Waals surface area contributed by atoms with E-state index in [4.69, 9.17) is 23.2 Å². The van der Waals surface area contributed by atoms with Crippen molar-refractivity contribution in [3.05, 3.63) is 39.9 Å². The first-order chi connectivity index (χ1) is 9.25. The maximum Gasteiger partial charge on any atom is 0.244 e. The largest absolute Gasteiger partial charge is 0.392 e. The monoisotopic (exact) mass is 337 g/mol. The van der Waals surface area contributed by atoms with Crippen LogP contribution >= 0.6 is 23.2 Å². The SMILES string of the molecule is C=C(C)CN(CC)S(=O)(=O)c1ccc(Cl)c(CO)c1Cl. The lowest BCUT2D eigenvalue weighted by molar-refractivity contribution is 0.281. The number of likely N-dealkylation sites (N-methyl/N-ethyl adjacent to an activating group) is 1. The van der Waals surface area contributed by atoms with Crippen molar-refractivity contribution in [2.75, 3.05) is 13.1 Å². The van der Waals surface area contributed by atoms with E-state index in [9.17, 15) is 13.5 Å². The van der Waals surface area contributed by atoms with Gasteiger partial charge in [0.05, 0.1) is 11.6 Å². The summed E-state index contributed by atoms with van der Waals surface area (Å²) >= 11 is 11.9. The Morgan fingerprint density at radius 3 is 2.45 bits per heavy atom. The van der Waals surface area contributed by atoms with E-state index in [0.29, 0.717) is 6.54 Å². The minimum absolute atomic E-state index is 0.0415. The van der Waals surface area contributed by atoms with E-state index in [1.165, 1.54) is 16.4 Å². The lowest BCUT2D eigenvalue weighted by atomic mass is 10.2. The van der Waals surface area contributed by atoms with E-state index in [1.54, 1.807) is 13.8 Å². The Balaban J connectivity index is 3.38. The molecule has 0 saturated carbocycles. The number of aliphatic hydroxyl groups excluding tert-OH is 1. The molecule has 20 heavy (non-hydrogen) atoms. The normalized spacial score (nSPS) is 11.9. The molecule has 0 saturated heterocycles. The van der Waals surface area contributed by atoms with Gasteiger partial charge in [-0.1, -0.05) is 42.3 Å². The Kier molecular flexibility index (Phi) is 6.04. The molecule has 1 N–H and O–H groups in total. The standard InChI is InChI=1S/C13H17Cl2NO3S/c1-4-16(7-9(2)3)20(18,19)12-6-5-11(14)10(8-17)13(12)15/h5-6,17H,2,4,7-8H2,1,3H3. The van der Waals surface area contributed by atoms with Crippen molar-refractivity contribution in [3.8, 4) is 0 Å². The average Bonchev–Trinajstić information content (AvgIpc) is 2.35. The fourth-order valence-corrected chi connectivity index (χ4v) is 4.11. The van der Waals surface area contributed by atoms with Crippen LogP contribution < -0.4 is 0 Å². The second-order valence-electron chi connectivity index (χ2n) is 4.38. The summed E-state index contributed by atoms with van der Waals surface area (Å²) in [6.07, 6.45) is 0. The summed E-state index contributed by atoms with van der Waals surface area (Å²) in [5.74, 6) is 0. The number of hydrogen-bond acceptors (Lipinski definition) is 3. The van der Waals surface area contributed by atoms with E-state index in [-0.39, 0.29) is 27.0 Å². The maximum absolute atomic E-state index is 12.6. The Labute approximate surface area is 129 Å². The van der Waals surface area contributed by atoms with Crippen molar-refractivity contribution in [2.45, 2.75) is 25.3 Å². The van der Waals surface area contributed by atoms with Crippen molar-refractivity contribution in [3.63, 3.8) is 0 Å². The number of aliphatic hydroxyl groups is 1. The summed E-state index contributed by atoms with van der Waals surface area (Å²) in [4.78, 5) is -0.0595. The second-order valence-corrected chi connectivity index (χ2v) is 7.08. The Hall–Kier alpha value is -0.590. The van der Waals surface area contributed by atoms with Gasteiger partial charge in [0.25, 0.3) is 0 Å². The molecule has 0 amide bonds. The zero-order valence-electron chi connectivity index (χ0n) is 11.4. The molecule has 0 heterocycles. The van der Waals surface area contributed by atoms with Crippen molar-refractivity contribution in [1.82, 2.24) is 4.31 Å². The molecule has 4 nitrogen and oxygen atoms in total. The molecule has 0 atom stereocenters. The summed E-state index contributed by atoms with van der Waals surface area (Å²) < 4.78 is 26.4. The van der Waals surface area contributed by atoms with Crippen LogP contribution in [0.2, 0.25) is 10.0 Å². The highest BCUT2D eigenvalue weighted by molar-refractivity contribution is 7.89. The van der Waals surface area contributed by atoms with Crippen LogP contribution in [0.25, 0.3) is 0 Å². The smallest absolute Gasteiger partial charge is 0.244 e. The highest BCUT2D eigenvalue weighted by Gasteiger charge is 2.27. The molecule has 1 aromatic rings. The second kappa shape index (κ2) is 6.91. The molecule has 0 aliphatic heterocycles. The molecule has 1 rings (SSSR count). The van der Waals surface area contributed by atoms with Crippen LogP contribution in [-0.2, 0) is 16.6 Å². The highest BCUT2D eigenvalue weighted by Crippen LogP contribution is 2.32. The van der Waals surface area contributed by atoms with Crippen molar-refractivity contribution in [1.29, 1.82) is 0 Å². The molecule has 0 aliphatic rings. The van der Waals surface area contributed by atoms with Gasteiger partial charge in [-0.05, 0) is 19.1 Å². The number of hydrogen-bond donors (Lipinski definition) is 1. The van der Waals surface area contributed by atoms with Gasteiger partial charge in [0.1, 0.15) is 4.90 Å². The molecule has 0 unspecified atom stereocenters. The van der Waals surface area contributed by atoms with Crippen LogP contribution in [0, 0.1) is 0 Å². The van der Waals surface area contributed by atoms with Crippen molar-refractivity contribution in [2.24, 2.45) is 0 Å². The highest BCUT2D eigenvalue weighted by atomic mass is 35.5. The van der Waals surface area contributed by atoms with Crippen LogP contribution in [0.1, 0.15) is 19.4 Å². The molecular weight excluding hydrogens is 321 g/mol. The summed E-state index contributed by atoms with van der Waals surface area (Å²) in [6, 6.07) is 2.76. The zero-order valence-corrected chi connectivity index (χ0v) is 13.7. The summed E-state index contributed by atoms with van der Waals surface area (Å²) in [6.45, 7) is 7.29. The molecule has 0 bridgehead atoms. The van der Waals surface area contributed by atoms with Crippen molar-refractivity contribution >= 4 is 33.2 Å². The molecule has 7 heteroatoms. The van der Waals surface area contributed by atoms with Gasteiger partial charge in [0, 0.05) is 23.7 Å². The number of benzene rings is 1. The van der Waals surface area contributed by atoms with Crippen LogP contribution in [0.5, 0.6) is 0 Å². The molecule has 112 valence electrons. The quantitative estimate of drug-likeness (QED) is 0.811. The predicted molar refractivity (Wildman–Crippen MR) is 81.6 cm³/mol. The molecule has 0 aliphatic carbocycles. The molecule has 0 spiro atoms. The number of rotatable bonds is 6. The number of halogens is 2. The van der Waals surface area contributed by atoms with Gasteiger partial charge >= 0.3 is 0 Å². The van der Waals surface area contributed by atoms with Gasteiger partial charge < -0.3 is 5.11 Å².